The lowest BCUT2D eigenvalue weighted by Crippen LogP contribution is -2.32. The third kappa shape index (κ3) is 2.30. The van der Waals surface area contributed by atoms with Gasteiger partial charge in [0.2, 0.25) is 0 Å². The summed E-state index contributed by atoms with van der Waals surface area (Å²) in [5.41, 5.74) is 7.55. The fourth-order valence-corrected chi connectivity index (χ4v) is 3.33. The van der Waals surface area contributed by atoms with E-state index in [1.165, 1.54) is 30.6 Å². The molecule has 1 aliphatic rings. The summed E-state index contributed by atoms with van der Waals surface area (Å²) in [7, 11) is 0. The van der Waals surface area contributed by atoms with Crippen LogP contribution < -0.4 is 11.1 Å². The second-order valence-electron chi connectivity index (χ2n) is 5.16. The molecule has 1 aliphatic carbocycles. The molecule has 3 N–H and O–H groups in total. The van der Waals surface area contributed by atoms with Gasteiger partial charge >= 0.3 is 0 Å². The number of anilines is 1. The minimum atomic E-state index is -0.0648. The normalized spacial score (nSPS) is 15.4. The Bertz CT molecular complexity index is 631. The largest absolute Gasteiger partial charge is 0.397 e. The Morgan fingerprint density at radius 3 is 3.00 bits per heavy atom. The first-order valence-corrected chi connectivity index (χ1v) is 7.40. The number of thiophene rings is 1. The van der Waals surface area contributed by atoms with Crippen LogP contribution in [-0.2, 0) is 0 Å². The Labute approximate surface area is 116 Å². The monoisotopic (exact) mass is 275 g/mol. The molecule has 19 heavy (non-hydrogen) atoms. The van der Waals surface area contributed by atoms with Crippen LogP contribution in [0.1, 0.15) is 34.6 Å². The number of hydrogen-bond donors (Lipinski definition) is 2. The molecule has 0 spiro atoms. The molecule has 0 aromatic carbocycles. The summed E-state index contributed by atoms with van der Waals surface area (Å²) in [4.78, 5) is 18.0. The Balaban J connectivity index is 1.82. The molecule has 2 aromatic heterocycles. The lowest BCUT2D eigenvalue weighted by molar-refractivity contribution is 0.0944. The van der Waals surface area contributed by atoms with Crippen LogP contribution in [0.15, 0.2) is 12.1 Å². The highest BCUT2D eigenvalue weighted by Crippen LogP contribution is 2.32. The van der Waals surface area contributed by atoms with E-state index in [0.29, 0.717) is 16.5 Å². The lowest BCUT2D eigenvalue weighted by Gasteiger charge is -2.25. The first-order chi connectivity index (χ1) is 9.15. The predicted octanol–water partition coefficient (Wildman–Crippen LogP) is 2.72. The number of amides is 1. The second kappa shape index (κ2) is 4.81. The predicted molar refractivity (Wildman–Crippen MR) is 78.4 cm³/mol. The number of fused-ring (bicyclic) bond motifs is 1. The van der Waals surface area contributed by atoms with Crippen molar-refractivity contribution in [3.8, 4) is 0 Å². The molecular formula is C14H17N3OS. The molecule has 0 unspecified atom stereocenters. The molecule has 4 nitrogen and oxygen atoms in total. The highest BCUT2D eigenvalue weighted by molar-refractivity contribution is 7.21. The van der Waals surface area contributed by atoms with Gasteiger partial charge in [-0.15, -0.1) is 11.3 Å². The van der Waals surface area contributed by atoms with Crippen LogP contribution in [0.4, 0.5) is 5.69 Å². The van der Waals surface area contributed by atoms with E-state index < -0.39 is 0 Å². The molecular weight excluding hydrogens is 258 g/mol. The van der Waals surface area contributed by atoms with E-state index in [4.69, 9.17) is 5.73 Å². The molecule has 0 radical (unpaired) electrons. The van der Waals surface area contributed by atoms with E-state index in [0.717, 1.165) is 22.5 Å². The Hall–Kier alpha value is -1.62. The highest BCUT2D eigenvalue weighted by Gasteiger charge is 2.21. The highest BCUT2D eigenvalue weighted by atomic mass is 32.1. The van der Waals surface area contributed by atoms with Gasteiger partial charge in [-0.3, -0.25) is 4.79 Å². The average Bonchev–Trinajstić information content (AvgIpc) is 2.64. The number of hydrogen-bond acceptors (Lipinski definition) is 4. The number of pyridine rings is 1. The number of nitrogen functional groups attached to an aromatic ring is 1. The summed E-state index contributed by atoms with van der Waals surface area (Å²) in [5, 5.41) is 3.86. The molecule has 0 aliphatic heterocycles. The van der Waals surface area contributed by atoms with Gasteiger partial charge in [0.15, 0.2) is 0 Å². The SMILES string of the molecule is Cc1ccc2c(N)c(C(=O)NCC3CCC3)sc2n1. The maximum atomic E-state index is 12.2. The zero-order chi connectivity index (χ0) is 13.4. The maximum absolute atomic E-state index is 12.2. The van der Waals surface area contributed by atoms with E-state index in [2.05, 4.69) is 10.3 Å². The number of carbonyl (C=O) groups excluding carboxylic acids is 1. The number of aromatic nitrogens is 1. The number of rotatable bonds is 3. The Morgan fingerprint density at radius 2 is 2.32 bits per heavy atom. The van der Waals surface area contributed by atoms with Gasteiger partial charge in [0.05, 0.1) is 5.69 Å². The first kappa shape index (κ1) is 12.4. The van der Waals surface area contributed by atoms with Crippen LogP contribution in [0.25, 0.3) is 10.2 Å². The minimum absolute atomic E-state index is 0.0648. The topological polar surface area (TPSA) is 68.0 Å². The summed E-state index contributed by atoms with van der Waals surface area (Å²) in [6.07, 6.45) is 3.74. The molecule has 100 valence electrons. The Morgan fingerprint density at radius 1 is 1.53 bits per heavy atom. The third-order valence-corrected chi connectivity index (χ3v) is 4.83. The van der Waals surface area contributed by atoms with Crippen LogP contribution in [0.2, 0.25) is 0 Å². The average molecular weight is 275 g/mol. The molecule has 1 saturated carbocycles. The van der Waals surface area contributed by atoms with Crippen LogP contribution in [0, 0.1) is 12.8 Å². The van der Waals surface area contributed by atoms with Crippen molar-refractivity contribution in [2.24, 2.45) is 5.92 Å². The van der Waals surface area contributed by atoms with Crippen molar-refractivity contribution >= 4 is 33.1 Å². The molecule has 2 aromatic rings. The van der Waals surface area contributed by atoms with Crippen LogP contribution in [-0.4, -0.2) is 17.4 Å². The molecule has 2 heterocycles. The van der Waals surface area contributed by atoms with Gasteiger partial charge in [0.1, 0.15) is 9.71 Å². The van der Waals surface area contributed by atoms with Crippen LogP contribution in [0.3, 0.4) is 0 Å². The van der Waals surface area contributed by atoms with Crippen molar-refractivity contribution in [2.45, 2.75) is 26.2 Å². The van der Waals surface area contributed by atoms with Crippen molar-refractivity contribution in [3.05, 3.63) is 22.7 Å². The van der Waals surface area contributed by atoms with E-state index in [1.807, 2.05) is 19.1 Å². The summed E-state index contributed by atoms with van der Waals surface area (Å²) in [5.74, 6) is 0.588. The number of carbonyl (C=O) groups is 1. The molecule has 1 amide bonds. The van der Waals surface area contributed by atoms with Gasteiger partial charge in [-0.2, -0.15) is 0 Å². The maximum Gasteiger partial charge on any atom is 0.263 e. The zero-order valence-corrected chi connectivity index (χ0v) is 11.7. The first-order valence-electron chi connectivity index (χ1n) is 6.59. The van der Waals surface area contributed by atoms with E-state index in [9.17, 15) is 4.79 Å². The van der Waals surface area contributed by atoms with Crippen molar-refractivity contribution in [1.82, 2.24) is 10.3 Å². The van der Waals surface area contributed by atoms with Gasteiger partial charge in [0, 0.05) is 17.6 Å². The van der Waals surface area contributed by atoms with E-state index in [1.54, 1.807) is 0 Å². The van der Waals surface area contributed by atoms with E-state index in [-0.39, 0.29) is 5.91 Å². The fourth-order valence-electron chi connectivity index (χ4n) is 2.27. The second-order valence-corrected chi connectivity index (χ2v) is 6.16. The fraction of sp³-hybridized carbons (Fsp3) is 0.429. The van der Waals surface area contributed by atoms with Crippen molar-refractivity contribution in [1.29, 1.82) is 0 Å². The number of nitrogens with one attached hydrogen (secondary N) is 1. The van der Waals surface area contributed by atoms with Crippen LogP contribution >= 0.6 is 11.3 Å². The minimum Gasteiger partial charge on any atom is -0.397 e. The van der Waals surface area contributed by atoms with Gasteiger partial charge in [-0.25, -0.2) is 4.98 Å². The molecule has 5 heteroatoms. The molecule has 0 bridgehead atoms. The van der Waals surface area contributed by atoms with Crippen molar-refractivity contribution < 1.29 is 4.79 Å². The lowest BCUT2D eigenvalue weighted by atomic mass is 9.85. The summed E-state index contributed by atoms with van der Waals surface area (Å²) in [6, 6.07) is 3.85. The van der Waals surface area contributed by atoms with Gasteiger partial charge < -0.3 is 11.1 Å². The van der Waals surface area contributed by atoms with Crippen LogP contribution in [0.5, 0.6) is 0 Å². The summed E-state index contributed by atoms with van der Waals surface area (Å²) < 4.78 is 0. The van der Waals surface area contributed by atoms with E-state index >= 15 is 0 Å². The standard InChI is InChI=1S/C14H17N3OS/c1-8-5-6-10-11(15)12(19-14(10)17-8)13(18)16-7-9-3-2-4-9/h5-6,9H,2-4,7,15H2,1H3,(H,16,18). The Kier molecular flexibility index (Phi) is 3.14. The molecule has 0 saturated heterocycles. The van der Waals surface area contributed by atoms with Crippen molar-refractivity contribution in [3.63, 3.8) is 0 Å². The quantitative estimate of drug-likeness (QED) is 0.905. The number of aryl methyl sites for hydroxylation is 1. The smallest absolute Gasteiger partial charge is 0.263 e. The van der Waals surface area contributed by atoms with Gasteiger partial charge in [-0.1, -0.05) is 6.42 Å². The molecule has 3 rings (SSSR count). The molecule has 1 fully saturated rings. The van der Waals surface area contributed by atoms with Gasteiger partial charge in [0.25, 0.3) is 5.91 Å². The summed E-state index contributed by atoms with van der Waals surface area (Å²) in [6.45, 7) is 2.70. The number of nitrogens with zero attached hydrogens (tertiary/aromatic N) is 1. The zero-order valence-electron chi connectivity index (χ0n) is 10.9. The summed E-state index contributed by atoms with van der Waals surface area (Å²) >= 11 is 1.38. The number of nitrogens with two attached hydrogens (primary N) is 1. The van der Waals surface area contributed by atoms with Gasteiger partial charge in [-0.05, 0) is 37.8 Å². The third-order valence-electron chi connectivity index (χ3n) is 3.72. The molecule has 0 atom stereocenters. The van der Waals surface area contributed by atoms with Crippen molar-refractivity contribution in [2.75, 3.05) is 12.3 Å².